The van der Waals surface area contributed by atoms with Crippen molar-refractivity contribution < 1.29 is 9.18 Å². The number of likely N-dealkylation sites (tertiary alicyclic amines) is 1. The van der Waals surface area contributed by atoms with Crippen molar-refractivity contribution in [2.45, 2.75) is 38.6 Å². The zero-order valence-corrected chi connectivity index (χ0v) is 14.6. The van der Waals surface area contributed by atoms with Gasteiger partial charge in [-0.2, -0.15) is 0 Å². The van der Waals surface area contributed by atoms with E-state index in [-0.39, 0.29) is 17.8 Å². The Morgan fingerprint density at radius 2 is 1.58 bits per heavy atom. The molecule has 0 bridgehead atoms. The van der Waals surface area contributed by atoms with Crippen LogP contribution < -0.4 is 4.90 Å². The van der Waals surface area contributed by atoms with E-state index in [0.29, 0.717) is 5.69 Å². The molecule has 0 spiro atoms. The van der Waals surface area contributed by atoms with Gasteiger partial charge in [-0.05, 0) is 31.9 Å². The topological polar surface area (TPSA) is 26.8 Å². The number of nitrogens with zero attached hydrogens (tertiary/aromatic N) is 3. The maximum absolute atomic E-state index is 13.9. The van der Waals surface area contributed by atoms with E-state index in [1.54, 1.807) is 6.07 Å². The lowest BCUT2D eigenvalue weighted by Crippen LogP contribution is -2.54. The monoisotopic (exact) mass is 333 g/mol. The molecule has 0 aliphatic carbocycles. The Hall–Kier alpha value is -1.62. The van der Waals surface area contributed by atoms with Gasteiger partial charge in [0, 0.05) is 39.3 Å². The Kier molecular flexibility index (Phi) is 5.72. The van der Waals surface area contributed by atoms with Crippen molar-refractivity contribution in [1.29, 1.82) is 0 Å². The van der Waals surface area contributed by atoms with E-state index in [1.165, 1.54) is 18.9 Å². The molecule has 1 aromatic rings. The molecular weight excluding hydrogens is 305 g/mol. The molecule has 1 atom stereocenters. The van der Waals surface area contributed by atoms with Crippen molar-refractivity contribution in [3.05, 3.63) is 30.1 Å². The van der Waals surface area contributed by atoms with Crippen molar-refractivity contribution >= 4 is 11.6 Å². The molecule has 0 aromatic heterocycles. The quantitative estimate of drug-likeness (QED) is 0.851. The summed E-state index contributed by atoms with van der Waals surface area (Å²) in [6, 6.07) is 6.85. The molecule has 0 radical (unpaired) electrons. The summed E-state index contributed by atoms with van der Waals surface area (Å²) in [5.41, 5.74) is 0.670. The number of amides is 1. The van der Waals surface area contributed by atoms with E-state index in [4.69, 9.17) is 0 Å². The van der Waals surface area contributed by atoms with E-state index in [9.17, 15) is 9.18 Å². The molecule has 2 fully saturated rings. The van der Waals surface area contributed by atoms with Crippen molar-refractivity contribution in [3.8, 4) is 0 Å². The van der Waals surface area contributed by atoms with Crippen LogP contribution in [0.15, 0.2) is 24.3 Å². The van der Waals surface area contributed by atoms with Crippen LogP contribution in [-0.2, 0) is 4.79 Å². The third-order valence-electron chi connectivity index (χ3n) is 5.33. The molecular formula is C19H28FN3O. The molecule has 2 aliphatic heterocycles. The number of carbonyl (C=O) groups is 1. The Morgan fingerprint density at radius 3 is 2.21 bits per heavy atom. The molecule has 0 saturated carbocycles. The molecule has 3 rings (SSSR count). The largest absolute Gasteiger partial charge is 0.367 e. The number of hydrogen-bond acceptors (Lipinski definition) is 3. The van der Waals surface area contributed by atoms with Crippen LogP contribution in [0.3, 0.4) is 0 Å². The lowest BCUT2D eigenvalue weighted by atomic mass is 10.1. The minimum absolute atomic E-state index is 0.0779. The maximum atomic E-state index is 13.9. The number of anilines is 1. The second-order valence-corrected chi connectivity index (χ2v) is 6.89. The lowest BCUT2D eigenvalue weighted by molar-refractivity contribution is -0.136. The second-order valence-electron chi connectivity index (χ2n) is 6.89. The minimum Gasteiger partial charge on any atom is -0.367 e. The van der Waals surface area contributed by atoms with Crippen LogP contribution in [-0.4, -0.2) is 61.0 Å². The fourth-order valence-electron chi connectivity index (χ4n) is 3.77. The summed E-state index contributed by atoms with van der Waals surface area (Å²) in [7, 11) is 0. The molecule has 132 valence electrons. The highest BCUT2D eigenvalue weighted by Crippen LogP contribution is 2.21. The smallest absolute Gasteiger partial charge is 0.239 e. The van der Waals surface area contributed by atoms with Gasteiger partial charge in [-0.3, -0.25) is 9.69 Å². The van der Waals surface area contributed by atoms with Crippen LogP contribution in [0.2, 0.25) is 0 Å². The van der Waals surface area contributed by atoms with E-state index >= 15 is 0 Å². The average molecular weight is 333 g/mol. The number of rotatable bonds is 3. The zero-order valence-electron chi connectivity index (χ0n) is 14.6. The number of hydrogen-bond donors (Lipinski definition) is 0. The van der Waals surface area contributed by atoms with E-state index in [1.807, 2.05) is 24.0 Å². The number of carbonyl (C=O) groups excluding carboxylic acids is 1. The maximum Gasteiger partial charge on any atom is 0.239 e. The SMILES string of the molecule is CC(C(=O)N1CCCCCC1)N1CCN(c2ccccc2F)CC1. The molecule has 2 heterocycles. The Bertz CT molecular complexity index is 549. The highest BCUT2D eigenvalue weighted by atomic mass is 19.1. The van der Waals surface area contributed by atoms with Gasteiger partial charge in [0.2, 0.25) is 5.91 Å². The van der Waals surface area contributed by atoms with Crippen LogP contribution >= 0.6 is 0 Å². The van der Waals surface area contributed by atoms with Crippen molar-refractivity contribution in [1.82, 2.24) is 9.80 Å². The summed E-state index contributed by atoms with van der Waals surface area (Å²) in [5, 5.41) is 0. The van der Waals surface area contributed by atoms with Gasteiger partial charge in [-0.15, -0.1) is 0 Å². The van der Waals surface area contributed by atoms with Gasteiger partial charge in [0.1, 0.15) is 5.82 Å². The second kappa shape index (κ2) is 7.97. The molecule has 1 aromatic carbocycles. The summed E-state index contributed by atoms with van der Waals surface area (Å²) < 4.78 is 13.9. The fourth-order valence-corrected chi connectivity index (χ4v) is 3.77. The number of piperazine rings is 1. The van der Waals surface area contributed by atoms with Gasteiger partial charge >= 0.3 is 0 Å². The number of benzene rings is 1. The van der Waals surface area contributed by atoms with Crippen molar-refractivity contribution in [3.63, 3.8) is 0 Å². The Labute approximate surface area is 144 Å². The summed E-state index contributed by atoms with van der Waals surface area (Å²) in [6.45, 7) is 6.95. The predicted octanol–water partition coefficient (Wildman–Crippen LogP) is 2.74. The summed E-state index contributed by atoms with van der Waals surface area (Å²) in [6.07, 6.45) is 4.72. The average Bonchev–Trinajstić information content (AvgIpc) is 2.90. The zero-order chi connectivity index (χ0) is 16.9. The Balaban J connectivity index is 1.55. The Morgan fingerprint density at radius 1 is 0.958 bits per heavy atom. The van der Waals surface area contributed by atoms with Gasteiger partial charge in [0.05, 0.1) is 11.7 Å². The fraction of sp³-hybridized carbons (Fsp3) is 0.632. The van der Waals surface area contributed by atoms with E-state index < -0.39 is 0 Å². The first-order chi connectivity index (χ1) is 11.7. The summed E-state index contributed by atoms with van der Waals surface area (Å²) in [4.78, 5) is 19.1. The molecule has 0 N–H and O–H groups in total. The summed E-state index contributed by atoms with van der Waals surface area (Å²) >= 11 is 0. The van der Waals surface area contributed by atoms with Gasteiger partial charge in [-0.1, -0.05) is 25.0 Å². The normalized spacial score (nSPS) is 21.4. The predicted molar refractivity (Wildman–Crippen MR) is 94.7 cm³/mol. The third-order valence-corrected chi connectivity index (χ3v) is 5.33. The van der Waals surface area contributed by atoms with E-state index in [0.717, 1.165) is 52.1 Å². The van der Waals surface area contributed by atoms with Gasteiger partial charge < -0.3 is 9.80 Å². The standard InChI is InChI=1S/C19H28FN3O/c1-16(19(24)23-10-6-2-3-7-11-23)21-12-14-22(15-13-21)18-9-5-4-8-17(18)20/h4-5,8-9,16H,2-3,6-7,10-15H2,1H3. The first kappa shape index (κ1) is 17.2. The highest BCUT2D eigenvalue weighted by Gasteiger charge is 2.29. The lowest BCUT2D eigenvalue weighted by Gasteiger charge is -2.39. The molecule has 1 amide bonds. The highest BCUT2D eigenvalue weighted by molar-refractivity contribution is 5.81. The van der Waals surface area contributed by atoms with Gasteiger partial charge in [0.25, 0.3) is 0 Å². The van der Waals surface area contributed by atoms with Crippen LogP contribution in [0.4, 0.5) is 10.1 Å². The molecule has 1 unspecified atom stereocenters. The van der Waals surface area contributed by atoms with Crippen molar-refractivity contribution in [2.24, 2.45) is 0 Å². The number of para-hydroxylation sites is 1. The molecule has 2 saturated heterocycles. The van der Waals surface area contributed by atoms with Crippen LogP contribution in [0.25, 0.3) is 0 Å². The van der Waals surface area contributed by atoms with Gasteiger partial charge in [0.15, 0.2) is 0 Å². The molecule has 5 heteroatoms. The van der Waals surface area contributed by atoms with Crippen molar-refractivity contribution in [2.75, 3.05) is 44.2 Å². The number of halogens is 1. The first-order valence-corrected chi connectivity index (χ1v) is 9.19. The van der Waals surface area contributed by atoms with E-state index in [2.05, 4.69) is 9.80 Å². The minimum atomic E-state index is -0.167. The third kappa shape index (κ3) is 3.89. The van der Waals surface area contributed by atoms with Crippen LogP contribution in [0.1, 0.15) is 32.6 Å². The summed E-state index contributed by atoms with van der Waals surface area (Å²) in [5.74, 6) is 0.0934. The molecule has 4 nitrogen and oxygen atoms in total. The molecule has 24 heavy (non-hydrogen) atoms. The molecule has 2 aliphatic rings. The first-order valence-electron chi connectivity index (χ1n) is 9.19. The van der Waals surface area contributed by atoms with Crippen LogP contribution in [0, 0.1) is 5.82 Å². The van der Waals surface area contributed by atoms with Crippen LogP contribution in [0.5, 0.6) is 0 Å². The van der Waals surface area contributed by atoms with Gasteiger partial charge in [-0.25, -0.2) is 4.39 Å².